The van der Waals surface area contributed by atoms with Crippen molar-refractivity contribution < 1.29 is 14.4 Å². The summed E-state index contributed by atoms with van der Waals surface area (Å²) in [6.07, 6.45) is 0.749. The van der Waals surface area contributed by atoms with E-state index in [2.05, 4.69) is 20.6 Å². The number of hydrogen-bond acceptors (Lipinski definition) is 6. The lowest BCUT2D eigenvalue weighted by molar-refractivity contribution is -0.135. The number of aromatic nitrogens is 4. The second-order valence-corrected chi connectivity index (χ2v) is 7.74. The molecule has 2 heterocycles. The highest BCUT2D eigenvalue weighted by molar-refractivity contribution is 5.69. The second-order valence-electron chi connectivity index (χ2n) is 7.74. The molecule has 0 radical (unpaired) electrons. The Labute approximate surface area is 185 Å². The van der Waals surface area contributed by atoms with Gasteiger partial charge in [-0.2, -0.15) is 10.1 Å². The van der Waals surface area contributed by atoms with Crippen LogP contribution in [0.2, 0.25) is 0 Å². The van der Waals surface area contributed by atoms with Gasteiger partial charge in [-0.25, -0.2) is 0 Å². The summed E-state index contributed by atoms with van der Waals surface area (Å²) in [6.45, 7) is 4.63. The first-order chi connectivity index (χ1) is 15.4. The molecule has 164 valence electrons. The normalized spacial score (nSPS) is 11.1. The van der Waals surface area contributed by atoms with Gasteiger partial charge in [0.05, 0.1) is 12.2 Å². The number of carboxylic acids is 1. The molecule has 0 fully saturated rings. The smallest absolute Gasteiger partial charge is 0.317 e. The molecular weight excluding hydrogens is 406 g/mol. The van der Waals surface area contributed by atoms with E-state index >= 15 is 0 Å². The summed E-state index contributed by atoms with van der Waals surface area (Å²) in [4.78, 5) is 15.2. The first-order valence-corrected chi connectivity index (χ1v) is 10.4. The van der Waals surface area contributed by atoms with Crippen LogP contribution in [0.1, 0.15) is 16.7 Å². The molecule has 0 atom stereocenters. The summed E-state index contributed by atoms with van der Waals surface area (Å²) in [5.41, 5.74) is 6.92. The molecule has 0 saturated carbocycles. The molecule has 0 bridgehead atoms. The Balaban J connectivity index is 1.54. The van der Waals surface area contributed by atoms with Crippen molar-refractivity contribution in [2.24, 2.45) is 7.05 Å². The lowest BCUT2D eigenvalue weighted by atomic mass is 9.96. The van der Waals surface area contributed by atoms with Crippen molar-refractivity contribution in [1.82, 2.24) is 25.2 Å². The number of carbonyl (C=O) groups is 1. The van der Waals surface area contributed by atoms with Gasteiger partial charge in [-0.15, -0.1) is 0 Å². The van der Waals surface area contributed by atoms with Crippen molar-refractivity contribution in [3.8, 4) is 34.2 Å². The molecule has 0 aliphatic rings. The van der Waals surface area contributed by atoms with Gasteiger partial charge >= 0.3 is 5.97 Å². The molecule has 0 spiro atoms. The molecule has 0 unspecified atom stereocenters. The molecule has 2 aromatic carbocycles. The van der Waals surface area contributed by atoms with Crippen molar-refractivity contribution in [3.05, 3.63) is 65.2 Å². The van der Waals surface area contributed by atoms with Crippen LogP contribution >= 0.6 is 0 Å². The lowest BCUT2D eigenvalue weighted by Gasteiger charge is -2.11. The quantitative estimate of drug-likeness (QED) is 0.410. The molecule has 0 amide bonds. The maximum Gasteiger partial charge on any atom is 0.317 e. The maximum absolute atomic E-state index is 10.7. The molecule has 4 aromatic rings. The van der Waals surface area contributed by atoms with Gasteiger partial charge < -0.3 is 14.9 Å². The fraction of sp³-hybridized carbons (Fsp3) is 0.250. The number of aliphatic carboxylic acids is 1. The van der Waals surface area contributed by atoms with Crippen LogP contribution in [0.25, 0.3) is 34.2 Å². The van der Waals surface area contributed by atoms with Gasteiger partial charge in [0.15, 0.2) is 5.69 Å². The van der Waals surface area contributed by atoms with E-state index in [9.17, 15) is 4.79 Å². The number of nitrogens with one attached hydrogen (secondary N) is 1. The fourth-order valence-electron chi connectivity index (χ4n) is 3.82. The van der Waals surface area contributed by atoms with E-state index in [4.69, 9.17) is 9.63 Å². The van der Waals surface area contributed by atoms with Gasteiger partial charge in [0.2, 0.25) is 5.82 Å². The molecule has 4 rings (SSSR count). The van der Waals surface area contributed by atoms with Crippen LogP contribution in [0.5, 0.6) is 0 Å². The van der Waals surface area contributed by atoms with E-state index in [-0.39, 0.29) is 6.54 Å². The minimum atomic E-state index is -0.856. The highest BCUT2D eigenvalue weighted by Crippen LogP contribution is 2.28. The highest BCUT2D eigenvalue weighted by atomic mass is 16.5. The summed E-state index contributed by atoms with van der Waals surface area (Å²) in [6, 6.07) is 16.0. The van der Waals surface area contributed by atoms with Gasteiger partial charge in [-0.3, -0.25) is 9.48 Å². The van der Waals surface area contributed by atoms with Crippen LogP contribution in [-0.4, -0.2) is 44.1 Å². The maximum atomic E-state index is 10.7. The predicted octanol–water partition coefficient (Wildman–Crippen LogP) is 3.64. The van der Waals surface area contributed by atoms with Crippen molar-refractivity contribution in [3.63, 3.8) is 0 Å². The van der Waals surface area contributed by atoms with Crippen molar-refractivity contribution >= 4 is 5.97 Å². The molecule has 8 heteroatoms. The van der Waals surface area contributed by atoms with Gasteiger partial charge in [-0.05, 0) is 67.3 Å². The van der Waals surface area contributed by atoms with Gasteiger partial charge in [0.25, 0.3) is 5.89 Å². The predicted molar refractivity (Wildman–Crippen MR) is 121 cm³/mol. The third-order valence-corrected chi connectivity index (χ3v) is 5.38. The van der Waals surface area contributed by atoms with Crippen LogP contribution in [0.4, 0.5) is 0 Å². The van der Waals surface area contributed by atoms with E-state index in [1.54, 1.807) is 4.68 Å². The average Bonchev–Trinajstić information content (AvgIpc) is 3.40. The van der Waals surface area contributed by atoms with Crippen LogP contribution in [0, 0.1) is 13.8 Å². The Kier molecular flexibility index (Phi) is 6.13. The average molecular weight is 431 g/mol. The number of aryl methyl sites for hydroxylation is 3. The number of rotatable bonds is 8. The number of nitrogens with zero attached hydrogens (tertiary/aromatic N) is 4. The van der Waals surface area contributed by atoms with Gasteiger partial charge in [0, 0.05) is 12.6 Å². The monoisotopic (exact) mass is 431 g/mol. The molecule has 0 aliphatic heterocycles. The number of benzene rings is 2. The Morgan fingerprint density at radius 1 is 1.09 bits per heavy atom. The van der Waals surface area contributed by atoms with E-state index in [0.29, 0.717) is 24.0 Å². The van der Waals surface area contributed by atoms with Crippen molar-refractivity contribution in [2.45, 2.75) is 20.3 Å². The molecule has 0 saturated heterocycles. The van der Waals surface area contributed by atoms with Crippen LogP contribution in [0.15, 0.2) is 53.1 Å². The van der Waals surface area contributed by atoms with E-state index in [0.717, 1.165) is 34.4 Å². The second kappa shape index (κ2) is 9.15. The first-order valence-electron chi connectivity index (χ1n) is 10.4. The third-order valence-electron chi connectivity index (χ3n) is 5.38. The molecule has 2 N–H and O–H groups in total. The van der Waals surface area contributed by atoms with Crippen molar-refractivity contribution in [2.75, 3.05) is 13.1 Å². The van der Waals surface area contributed by atoms with E-state index in [1.807, 2.05) is 69.4 Å². The zero-order valence-electron chi connectivity index (χ0n) is 18.3. The van der Waals surface area contributed by atoms with E-state index < -0.39 is 5.97 Å². The standard InChI is InChI=1S/C24H25N5O3/c1-15-11-18(12-16(2)19(15)9-10-25-14-22(30)31)23-26-24(32-28-23)20-13-21(29(3)27-20)17-7-5-4-6-8-17/h4-8,11-13,25H,9-10,14H2,1-3H3,(H,30,31). The Morgan fingerprint density at radius 2 is 1.81 bits per heavy atom. The van der Waals surface area contributed by atoms with Crippen LogP contribution in [-0.2, 0) is 18.3 Å². The molecule has 8 nitrogen and oxygen atoms in total. The van der Waals surface area contributed by atoms with Crippen LogP contribution in [0.3, 0.4) is 0 Å². The lowest BCUT2D eigenvalue weighted by Crippen LogP contribution is -2.25. The first kappa shape index (κ1) is 21.5. The molecule has 32 heavy (non-hydrogen) atoms. The zero-order chi connectivity index (χ0) is 22.7. The summed E-state index contributed by atoms with van der Waals surface area (Å²) in [5.74, 6) is 0.0224. The molecule has 0 aliphatic carbocycles. The summed E-state index contributed by atoms with van der Waals surface area (Å²) in [7, 11) is 1.89. The van der Waals surface area contributed by atoms with E-state index in [1.165, 1.54) is 5.56 Å². The van der Waals surface area contributed by atoms with Gasteiger partial charge in [-0.1, -0.05) is 35.5 Å². The molecule has 2 aromatic heterocycles. The minimum Gasteiger partial charge on any atom is -0.480 e. The number of hydrogen-bond donors (Lipinski definition) is 2. The Hall–Kier alpha value is -3.78. The largest absolute Gasteiger partial charge is 0.480 e. The highest BCUT2D eigenvalue weighted by Gasteiger charge is 2.17. The molecular formula is C24H25N5O3. The topological polar surface area (TPSA) is 106 Å². The Morgan fingerprint density at radius 3 is 2.50 bits per heavy atom. The van der Waals surface area contributed by atoms with Crippen LogP contribution < -0.4 is 5.32 Å². The third kappa shape index (κ3) is 4.60. The Bertz CT molecular complexity index is 1220. The zero-order valence-corrected chi connectivity index (χ0v) is 18.3. The fourth-order valence-corrected chi connectivity index (χ4v) is 3.82. The summed E-state index contributed by atoms with van der Waals surface area (Å²) < 4.78 is 7.32. The van der Waals surface area contributed by atoms with Gasteiger partial charge in [0.1, 0.15) is 0 Å². The SMILES string of the molecule is Cc1cc(-c2noc(-c3cc(-c4ccccc4)n(C)n3)n2)cc(C)c1CCNCC(=O)O. The minimum absolute atomic E-state index is 0.0404. The summed E-state index contributed by atoms with van der Waals surface area (Å²) >= 11 is 0. The van der Waals surface area contributed by atoms with Crippen molar-refractivity contribution in [1.29, 1.82) is 0 Å². The number of carboxylic acid groups (broad SMARTS) is 1. The summed E-state index contributed by atoms with van der Waals surface area (Å²) in [5, 5.41) is 20.4.